The number of nitrogens with zero attached hydrogens (tertiary/aromatic N) is 8. The van der Waals surface area contributed by atoms with Crippen LogP contribution >= 0.6 is 0 Å². The van der Waals surface area contributed by atoms with Crippen molar-refractivity contribution < 1.29 is 17.7 Å². The van der Waals surface area contributed by atoms with Gasteiger partial charge < -0.3 is 14.2 Å². The fourth-order valence-electron chi connectivity index (χ4n) is 5.01. The van der Waals surface area contributed by atoms with Crippen molar-refractivity contribution in [3.63, 3.8) is 0 Å². The van der Waals surface area contributed by atoms with Gasteiger partial charge in [-0.2, -0.15) is 9.97 Å². The van der Waals surface area contributed by atoms with Crippen molar-refractivity contribution in [3.05, 3.63) is 36.4 Å². The summed E-state index contributed by atoms with van der Waals surface area (Å²) in [6, 6.07) is 7.14. The van der Waals surface area contributed by atoms with Crippen LogP contribution in [0.4, 0.5) is 14.7 Å². The Balaban J connectivity index is 1.53. The number of para-hydroxylation sites is 2. The second-order valence-corrected chi connectivity index (χ2v) is 10.3. The number of halogens is 2. The minimum Gasteiger partial charge on any atom is -0.378 e. The van der Waals surface area contributed by atoms with Gasteiger partial charge in [-0.25, -0.2) is 27.3 Å². The van der Waals surface area contributed by atoms with Crippen LogP contribution in [0.2, 0.25) is 0 Å². The molecule has 0 radical (unpaired) electrons. The second-order valence-electron chi connectivity index (χ2n) is 8.95. The van der Waals surface area contributed by atoms with E-state index in [1.54, 1.807) is 36.8 Å². The summed E-state index contributed by atoms with van der Waals surface area (Å²) >= 11 is 0. The first kappa shape index (κ1) is 23.4. The van der Waals surface area contributed by atoms with Crippen LogP contribution in [-0.2, 0) is 15.7 Å². The summed E-state index contributed by atoms with van der Waals surface area (Å²) < 4.78 is 51.2. The Kier molecular flexibility index (Phi) is 6.13. The van der Waals surface area contributed by atoms with E-state index < -0.39 is 17.4 Å². The van der Waals surface area contributed by atoms with Gasteiger partial charge in [-0.05, 0) is 25.0 Å². The molecule has 1 aromatic carbocycles. The van der Waals surface area contributed by atoms with Crippen LogP contribution in [0, 0.1) is 0 Å². The molecule has 2 fully saturated rings. The molecule has 0 bridgehead atoms. The fraction of sp³-hybridized carbons (Fsp3) is 0.478. The Morgan fingerprint density at radius 3 is 2.53 bits per heavy atom. The lowest BCUT2D eigenvalue weighted by molar-refractivity contribution is 0.122. The van der Waals surface area contributed by atoms with Gasteiger partial charge in [0.1, 0.15) is 0 Å². The predicted octanol–water partition coefficient (Wildman–Crippen LogP) is 2.87. The van der Waals surface area contributed by atoms with Crippen molar-refractivity contribution in [3.8, 4) is 5.82 Å². The van der Waals surface area contributed by atoms with Gasteiger partial charge >= 0.3 is 0 Å². The van der Waals surface area contributed by atoms with Crippen LogP contribution in [0.15, 0.2) is 30.6 Å². The highest BCUT2D eigenvalue weighted by Crippen LogP contribution is 2.33. The first-order chi connectivity index (χ1) is 17.5. The van der Waals surface area contributed by atoms with Crippen LogP contribution in [0.3, 0.4) is 0 Å². The minimum atomic E-state index is -2.80. The van der Waals surface area contributed by atoms with Gasteiger partial charge in [0.2, 0.25) is 5.95 Å². The standard InChI is InChI=1S/C23H26F2N8O2S/c1-36(34)31-8-6-15(7-9-31)32-14-26-18-20(32)28-23(30-10-12-35-13-11-30)29-21(18)33-17-5-3-2-4-16(17)27-22(33)19(24)25/h2-5,14-15,19H,6-13H2,1H3. The number of imidazole rings is 2. The maximum absolute atomic E-state index is 14.2. The van der Waals surface area contributed by atoms with Crippen molar-refractivity contribution in [2.75, 3.05) is 50.5 Å². The SMILES string of the molecule is CS(=O)N1CCC(n2cnc3c(-n4c(C(F)F)nc5ccccc54)nc(N4CCOCC4)nc32)CC1. The summed E-state index contributed by atoms with van der Waals surface area (Å²) in [6.07, 6.45) is 2.18. The summed E-state index contributed by atoms with van der Waals surface area (Å²) in [4.78, 5) is 20.5. The molecule has 6 rings (SSSR count). The van der Waals surface area contributed by atoms with Gasteiger partial charge in [0.05, 0.1) is 41.6 Å². The number of aromatic nitrogens is 6. The van der Waals surface area contributed by atoms with E-state index in [0.717, 1.165) is 12.8 Å². The van der Waals surface area contributed by atoms with Crippen molar-refractivity contribution in [1.82, 2.24) is 33.4 Å². The summed E-state index contributed by atoms with van der Waals surface area (Å²) in [7, 11) is -1.01. The lowest BCUT2D eigenvalue weighted by Gasteiger charge is -2.31. The first-order valence-corrected chi connectivity index (χ1v) is 13.4. The van der Waals surface area contributed by atoms with Gasteiger partial charge in [-0.15, -0.1) is 0 Å². The van der Waals surface area contributed by atoms with Crippen molar-refractivity contribution >= 4 is 39.1 Å². The van der Waals surface area contributed by atoms with Gasteiger partial charge in [0.25, 0.3) is 6.43 Å². The second kappa shape index (κ2) is 9.45. The van der Waals surface area contributed by atoms with Crippen LogP contribution in [0.1, 0.15) is 31.1 Å². The molecule has 4 aromatic rings. The third-order valence-electron chi connectivity index (χ3n) is 6.86. The van der Waals surface area contributed by atoms with Gasteiger partial charge in [0, 0.05) is 38.5 Å². The Hall–Kier alpha value is -3.03. The maximum Gasteiger partial charge on any atom is 0.296 e. The molecule has 2 saturated heterocycles. The highest BCUT2D eigenvalue weighted by molar-refractivity contribution is 7.81. The van der Waals surface area contributed by atoms with Crippen LogP contribution in [0.5, 0.6) is 0 Å². The quantitative estimate of drug-likeness (QED) is 0.403. The molecule has 36 heavy (non-hydrogen) atoms. The molecule has 0 spiro atoms. The summed E-state index contributed by atoms with van der Waals surface area (Å²) in [6.45, 7) is 3.68. The number of alkyl halides is 2. The van der Waals surface area contributed by atoms with Gasteiger partial charge in [-0.1, -0.05) is 12.1 Å². The Morgan fingerprint density at radius 2 is 1.81 bits per heavy atom. The van der Waals surface area contributed by atoms with E-state index in [9.17, 15) is 13.0 Å². The third-order valence-corrected chi connectivity index (χ3v) is 7.95. The summed E-state index contributed by atoms with van der Waals surface area (Å²) in [5.74, 6) is 0.362. The number of rotatable bonds is 5. The lowest BCUT2D eigenvalue weighted by atomic mass is 10.1. The number of hydrogen-bond donors (Lipinski definition) is 0. The fourth-order valence-corrected chi connectivity index (χ4v) is 5.73. The van der Waals surface area contributed by atoms with E-state index in [2.05, 4.69) is 9.97 Å². The molecule has 10 nitrogen and oxygen atoms in total. The molecule has 1 atom stereocenters. The zero-order valence-corrected chi connectivity index (χ0v) is 20.6. The van der Waals surface area contributed by atoms with Crippen molar-refractivity contribution in [1.29, 1.82) is 0 Å². The molecule has 0 saturated carbocycles. The predicted molar refractivity (Wildman–Crippen MR) is 132 cm³/mol. The molecule has 190 valence electrons. The molecule has 3 aromatic heterocycles. The number of anilines is 1. The largest absolute Gasteiger partial charge is 0.378 e. The van der Waals surface area contributed by atoms with Gasteiger partial charge in [0.15, 0.2) is 22.8 Å². The van der Waals surface area contributed by atoms with E-state index in [-0.39, 0.29) is 17.7 Å². The topological polar surface area (TPSA) is 94.2 Å². The van der Waals surface area contributed by atoms with E-state index >= 15 is 0 Å². The maximum atomic E-state index is 14.2. The summed E-state index contributed by atoms with van der Waals surface area (Å²) in [5.41, 5.74) is 2.04. The molecule has 2 aliphatic rings. The molecule has 0 aliphatic carbocycles. The lowest BCUT2D eigenvalue weighted by Crippen LogP contribution is -2.37. The molecule has 1 unspecified atom stereocenters. The van der Waals surface area contributed by atoms with E-state index in [0.29, 0.717) is 67.5 Å². The number of ether oxygens (including phenoxy) is 1. The summed E-state index contributed by atoms with van der Waals surface area (Å²) in [5, 5.41) is 0. The molecule has 13 heteroatoms. The molecule has 2 aliphatic heterocycles. The minimum absolute atomic E-state index is 0.101. The van der Waals surface area contributed by atoms with Gasteiger partial charge in [-0.3, -0.25) is 4.57 Å². The van der Waals surface area contributed by atoms with E-state index in [1.165, 1.54) is 4.57 Å². The van der Waals surface area contributed by atoms with E-state index in [4.69, 9.17) is 14.7 Å². The zero-order chi connectivity index (χ0) is 24.8. The first-order valence-electron chi connectivity index (χ1n) is 11.9. The Bertz CT molecular complexity index is 1430. The van der Waals surface area contributed by atoms with Crippen LogP contribution in [-0.4, -0.2) is 83.2 Å². The van der Waals surface area contributed by atoms with Crippen LogP contribution < -0.4 is 4.90 Å². The highest BCUT2D eigenvalue weighted by Gasteiger charge is 2.29. The molecular weight excluding hydrogens is 490 g/mol. The number of morpholine rings is 1. The van der Waals surface area contributed by atoms with Crippen LogP contribution in [0.25, 0.3) is 28.0 Å². The van der Waals surface area contributed by atoms with Crippen molar-refractivity contribution in [2.24, 2.45) is 0 Å². The average molecular weight is 517 g/mol. The average Bonchev–Trinajstić information content (AvgIpc) is 3.51. The zero-order valence-electron chi connectivity index (χ0n) is 19.8. The molecule has 5 heterocycles. The molecule has 0 amide bonds. The molecular formula is C23H26F2N8O2S. The number of piperidine rings is 1. The van der Waals surface area contributed by atoms with Crippen molar-refractivity contribution in [2.45, 2.75) is 25.3 Å². The Labute approximate surface area is 208 Å². The monoisotopic (exact) mass is 516 g/mol. The number of hydrogen-bond acceptors (Lipinski definition) is 7. The smallest absolute Gasteiger partial charge is 0.296 e. The number of fused-ring (bicyclic) bond motifs is 2. The van der Waals surface area contributed by atoms with E-state index in [1.807, 2.05) is 13.8 Å². The highest BCUT2D eigenvalue weighted by atomic mass is 32.2. The third kappa shape index (κ3) is 4.04. The Morgan fingerprint density at radius 1 is 1.06 bits per heavy atom. The normalized spacial score (nSPS) is 19.1. The number of benzene rings is 1. The molecule has 0 N–H and O–H groups in total.